The second kappa shape index (κ2) is 8.78. The topological polar surface area (TPSA) is 71.1 Å². The number of hydrogen-bond acceptors (Lipinski definition) is 6. The number of carbonyl (C=O) groups excluding carboxylic acids is 2. The quantitative estimate of drug-likeness (QED) is 0.531. The van der Waals surface area contributed by atoms with Crippen molar-refractivity contribution in [1.29, 1.82) is 0 Å². The van der Waals surface area contributed by atoms with Crippen LogP contribution in [0.4, 0.5) is 9.59 Å². The highest BCUT2D eigenvalue weighted by atomic mass is 16.7. The van der Waals surface area contributed by atoms with E-state index in [1.54, 1.807) is 24.3 Å². The smallest absolute Gasteiger partial charge is 0.437 e. The lowest BCUT2D eigenvalue weighted by molar-refractivity contribution is 0.120. The molecular weight excluding hydrogens is 360 g/mol. The SMILES string of the molecule is COC(=O)Oc1ccc(C2(c3ccc(OC(=O)OC)cc3)CCCCC2)cc1. The molecule has 0 aliphatic heterocycles. The van der Waals surface area contributed by atoms with Gasteiger partial charge in [-0.25, -0.2) is 9.59 Å². The minimum atomic E-state index is -0.735. The Morgan fingerprint density at radius 3 is 1.43 bits per heavy atom. The Morgan fingerprint density at radius 2 is 1.07 bits per heavy atom. The molecule has 0 spiro atoms. The van der Waals surface area contributed by atoms with E-state index in [0.29, 0.717) is 11.5 Å². The Labute approximate surface area is 164 Å². The number of carbonyl (C=O) groups is 2. The summed E-state index contributed by atoms with van der Waals surface area (Å²) in [5, 5.41) is 0. The second-order valence-corrected chi connectivity index (χ2v) is 6.80. The molecule has 0 saturated heterocycles. The van der Waals surface area contributed by atoms with Gasteiger partial charge >= 0.3 is 12.3 Å². The average molecular weight is 384 g/mol. The van der Waals surface area contributed by atoms with Gasteiger partial charge in [-0.3, -0.25) is 0 Å². The predicted molar refractivity (Wildman–Crippen MR) is 103 cm³/mol. The molecule has 0 atom stereocenters. The Bertz CT molecular complexity index is 740. The summed E-state index contributed by atoms with van der Waals surface area (Å²) in [4.78, 5) is 22.6. The van der Waals surface area contributed by atoms with Crippen LogP contribution in [0.5, 0.6) is 11.5 Å². The molecule has 0 N–H and O–H groups in total. The summed E-state index contributed by atoms with van der Waals surface area (Å²) in [5.41, 5.74) is 2.23. The molecule has 0 bridgehead atoms. The molecule has 1 aliphatic rings. The minimum Gasteiger partial charge on any atom is -0.437 e. The van der Waals surface area contributed by atoms with Crippen molar-refractivity contribution in [2.24, 2.45) is 0 Å². The Morgan fingerprint density at radius 1 is 0.679 bits per heavy atom. The van der Waals surface area contributed by atoms with E-state index in [0.717, 1.165) is 25.7 Å². The van der Waals surface area contributed by atoms with Gasteiger partial charge in [-0.15, -0.1) is 0 Å². The standard InChI is InChI=1S/C22H24O6/c1-25-20(23)27-18-10-6-16(7-11-18)22(14-4-3-5-15-22)17-8-12-19(13-9-17)28-21(24)26-2/h6-13H,3-5,14-15H2,1-2H3. The van der Waals surface area contributed by atoms with Gasteiger partial charge in [0, 0.05) is 5.41 Å². The van der Waals surface area contributed by atoms with Gasteiger partial charge in [0.15, 0.2) is 0 Å². The highest BCUT2D eigenvalue weighted by Gasteiger charge is 2.35. The first-order chi connectivity index (χ1) is 13.6. The third-order valence-electron chi connectivity index (χ3n) is 5.26. The van der Waals surface area contributed by atoms with Crippen molar-refractivity contribution in [2.45, 2.75) is 37.5 Å². The van der Waals surface area contributed by atoms with E-state index in [4.69, 9.17) is 9.47 Å². The van der Waals surface area contributed by atoms with E-state index in [2.05, 4.69) is 9.47 Å². The molecule has 1 aliphatic carbocycles. The van der Waals surface area contributed by atoms with E-state index < -0.39 is 12.3 Å². The van der Waals surface area contributed by atoms with E-state index in [-0.39, 0.29) is 5.41 Å². The molecule has 1 fully saturated rings. The molecule has 2 aromatic carbocycles. The van der Waals surface area contributed by atoms with Crippen LogP contribution >= 0.6 is 0 Å². The summed E-state index contributed by atoms with van der Waals surface area (Å²) in [6.07, 6.45) is 4.09. The van der Waals surface area contributed by atoms with Crippen molar-refractivity contribution in [2.75, 3.05) is 14.2 Å². The summed E-state index contributed by atoms with van der Waals surface area (Å²) in [7, 11) is 2.56. The van der Waals surface area contributed by atoms with Crippen LogP contribution in [0.25, 0.3) is 0 Å². The molecule has 6 nitrogen and oxygen atoms in total. The average Bonchev–Trinajstić information content (AvgIpc) is 2.75. The maximum atomic E-state index is 11.3. The van der Waals surface area contributed by atoms with Gasteiger partial charge in [-0.1, -0.05) is 43.5 Å². The maximum Gasteiger partial charge on any atom is 0.513 e. The van der Waals surface area contributed by atoms with Crippen molar-refractivity contribution in [1.82, 2.24) is 0 Å². The van der Waals surface area contributed by atoms with Gasteiger partial charge < -0.3 is 18.9 Å². The fraction of sp³-hybridized carbons (Fsp3) is 0.364. The van der Waals surface area contributed by atoms with Crippen LogP contribution in [-0.4, -0.2) is 26.5 Å². The molecule has 2 aromatic rings. The molecule has 1 saturated carbocycles. The van der Waals surface area contributed by atoms with Crippen LogP contribution in [-0.2, 0) is 14.9 Å². The van der Waals surface area contributed by atoms with Crippen LogP contribution in [0.15, 0.2) is 48.5 Å². The number of benzene rings is 2. The van der Waals surface area contributed by atoms with Gasteiger partial charge in [0.2, 0.25) is 0 Å². The fourth-order valence-electron chi connectivity index (χ4n) is 3.86. The summed E-state index contributed by atoms with van der Waals surface area (Å²) in [6, 6.07) is 15.2. The van der Waals surface area contributed by atoms with E-state index in [1.165, 1.54) is 31.8 Å². The number of ether oxygens (including phenoxy) is 4. The van der Waals surface area contributed by atoms with E-state index in [1.807, 2.05) is 24.3 Å². The van der Waals surface area contributed by atoms with Crippen molar-refractivity contribution in [3.8, 4) is 11.5 Å². The number of methoxy groups -OCH3 is 2. The van der Waals surface area contributed by atoms with Crippen LogP contribution < -0.4 is 9.47 Å². The predicted octanol–water partition coefficient (Wildman–Crippen LogP) is 5.23. The molecule has 3 rings (SSSR count). The summed E-state index contributed by atoms with van der Waals surface area (Å²) < 4.78 is 19.2. The molecule has 0 radical (unpaired) electrons. The van der Waals surface area contributed by atoms with Gasteiger partial charge in [0.25, 0.3) is 0 Å². The molecule has 28 heavy (non-hydrogen) atoms. The zero-order chi connectivity index (χ0) is 20.0. The third kappa shape index (κ3) is 4.27. The molecule has 0 aromatic heterocycles. The molecule has 0 unspecified atom stereocenters. The van der Waals surface area contributed by atoms with Gasteiger partial charge in [0.05, 0.1) is 14.2 Å². The van der Waals surface area contributed by atoms with Crippen LogP contribution in [0.1, 0.15) is 43.2 Å². The van der Waals surface area contributed by atoms with Gasteiger partial charge in [-0.2, -0.15) is 0 Å². The highest BCUT2D eigenvalue weighted by Crippen LogP contribution is 2.45. The highest BCUT2D eigenvalue weighted by molar-refractivity contribution is 5.64. The lowest BCUT2D eigenvalue weighted by Gasteiger charge is -2.38. The summed E-state index contributed by atoms with van der Waals surface area (Å²) in [5.74, 6) is 0.895. The monoisotopic (exact) mass is 384 g/mol. The Balaban J connectivity index is 1.88. The fourth-order valence-corrected chi connectivity index (χ4v) is 3.86. The van der Waals surface area contributed by atoms with Crippen molar-refractivity contribution in [3.63, 3.8) is 0 Å². The third-order valence-corrected chi connectivity index (χ3v) is 5.26. The zero-order valence-corrected chi connectivity index (χ0v) is 16.1. The molecule has 6 heteroatoms. The second-order valence-electron chi connectivity index (χ2n) is 6.80. The molecular formula is C22H24O6. The van der Waals surface area contributed by atoms with Gasteiger partial charge in [0.1, 0.15) is 11.5 Å². The lowest BCUT2D eigenvalue weighted by atomic mass is 9.65. The molecule has 0 amide bonds. The van der Waals surface area contributed by atoms with Crippen LogP contribution in [0, 0.1) is 0 Å². The van der Waals surface area contributed by atoms with E-state index in [9.17, 15) is 9.59 Å². The van der Waals surface area contributed by atoms with Gasteiger partial charge in [-0.05, 0) is 48.2 Å². The lowest BCUT2D eigenvalue weighted by Crippen LogP contribution is -2.30. The van der Waals surface area contributed by atoms with Crippen LogP contribution in [0.2, 0.25) is 0 Å². The van der Waals surface area contributed by atoms with E-state index >= 15 is 0 Å². The maximum absolute atomic E-state index is 11.3. The number of hydrogen-bond donors (Lipinski definition) is 0. The summed E-state index contributed by atoms with van der Waals surface area (Å²) in [6.45, 7) is 0. The minimum absolute atomic E-state index is 0.119. The first-order valence-electron chi connectivity index (χ1n) is 9.30. The first kappa shape index (κ1) is 19.7. The Hall–Kier alpha value is -3.02. The van der Waals surface area contributed by atoms with Crippen molar-refractivity contribution >= 4 is 12.3 Å². The Kier molecular flexibility index (Phi) is 6.19. The number of rotatable bonds is 4. The zero-order valence-electron chi connectivity index (χ0n) is 16.1. The molecule has 0 heterocycles. The molecule has 148 valence electrons. The largest absolute Gasteiger partial charge is 0.513 e. The first-order valence-corrected chi connectivity index (χ1v) is 9.30. The van der Waals surface area contributed by atoms with Crippen molar-refractivity contribution in [3.05, 3.63) is 59.7 Å². The normalized spacial score (nSPS) is 15.4. The summed E-state index contributed by atoms with van der Waals surface area (Å²) >= 11 is 0. The van der Waals surface area contributed by atoms with Crippen LogP contribution in [0.3, 0.4) is 0 Å². The van der Waals surface area contributed by atoms with Crippen molar-refractivity contribution < 1.29 is 28.5 Å².